The van der Waals surface area contributed by atoms with Gasteiger partial charge in [0.15, 0.2) is 0 Å². The molecule has 0 aliphatic carbocycles. The number of amides is 1. The van der Waals surface area contributed by atoms with Gasteiger partial charge in [0.05, 0.1) is 31.3 Å². The van der Waals surface area contributed by atoms with Gasteiger partial charge in [0.25, 0.3) is 0 Å². The maximum absolute atomic E-state index is 13.0. The second-order valence-corrected chi connectivity index (χ2v) is 7.61. The molecule has 1 aliphatic heterocycles. The molecule has 1 aliphatic rings. The fourth-order valence-electron chi connectivity index (χ4n) is 4.16. The van der Waals surface area contributed by atoms with E-state index in [-0.39, 0.29) is 12.5 Å². The van der Waals surface area contributed by atoms with Gasteiger partial charge in [0.2, 0.25) is 5.91 Å². The van der Waals surface area contributed by atoms with Gasteiger partial charge in [-0.15, -0.1) is 0 Å². The predicted octanol–water partition coefficient (Wildman–Crippen LogP) is 2.94. The Labute approximate surface area is 176 Å². The number of nitrogens with zero attached hydrogens (tertiary/aromatic N) is 3. The number of hydrogen-bond donors (Lipinski definition) is 1. The lowest BCUT2D eigenvalue weighted by Crippen LogP contribution is -2.49. The molecule has 0 saturated carbocycles. The predicted molar refractivity (Wildman–Crippen MR) is 118 cm³/mol. The molecule has 4 rings (SSSR count). The van der Waals surface area contributed by atoms with Crippen molar-refractivity contribution >= 4 is 22.5 Å². The summed E-state index contributed by atoms with van der Waals surface area (Å²) in [6.45, 7) is 4.77. The van der Waals surface area contributed by atoms with E-state index < -0.39 is 0 Å². The van der Waals surface area contributed by atoms with Gasteiger partial charge in [-0.05, 0) is 36.2 Å². The second kappa shape index (κ2) is 8.71. The summed E-state index contributed by atoms with van der Waals surface area (Å²) in [5.74, 6) is 0.963. The molecule has 1 saturated heterocycles. The smallest absolute Gasteiger partial charge is 0.227 e. The Bertz CT molecular complexity index is 1060. The first kappa shape index (κ1) is 20.2. The number of carbonyl (C=O) groups excluding carboxylic acids is 1. The molecule has 0 bridgehead atoms. The molecule has 0 radical (unpaired) electrons. The fourth-order valence-corrected chi connectivity index (χ4v) is 4.16. The molecule has 1 aromatic heterocycles. The van der Waals surface area contributed by atoms with Crippen LogP contribution in [0.4, 0.5) is 5.69 Å². The SMILES string of the molecule is COc1ccccc1N1CCN(C(=O)Cc2cccc3c(CO)cc(C)nc23)CC1. The maximum Gasteiger partial charge on any atom is 0.227 e. The average molecular weight is 405 g/mol. The summed E-state index contributed by atoms with van der Waals surface area (Å²) in [6.07, 6.45) is 0.313. The number of aliphatic hydroxyl groups excluding tert-OH is 1. The van der Waals surface area contributed by atoms with Crippen molar-refractivity contribution in [1.82, 2.24) is 9.88 Å². The summed E-state index contributed by atoms with van der Waals surface area (Å²) < 4.78 is 5.47. The summed E-state index contributed by atoms with van der Waals surface area (Å²) in [5, 5.41) is 10.6. The number of piperazine rings is 1. The molecule has 1 N–H and O–H groups in total. The summed E-state index contributed by atoms with van der Waals surface area (Å²) in [6, 6.07) is 15.7. The third kappa shape index (κ3) is 3.96. The van der Waals surface area contributed by atoms with Crippen molar-refractivity contribution in [3.05, 3.63) is 65.4 Å². The minimum atomic E-state index is -0.0395. The zero-order chi connectivity index (χ0) is 21.1. The number of ether oxygens (including phenoxy) is 1. The molecule has 6 heteroatoms. The molecule has 1 amide bonds. The van der Waals surface area contributed by atoms with Gasteiger partial charge >= 0.3 is 0 Å². The van der Waals surface area contributed by atoms with Gasteiger partial charge in [0.1, 0.15) is 5.75 Å². The van der Waals surface area contributed by atoms with E-state index in [0.29, 0.717) is 19.5 Å². The van der Waals surface area contributed by atoms with E-state index in [4.69, 9.17) is 4.74 Å². The standard InChI is InChI=1S/C24H27N3O3/c1-17-14-19(16-28)20-7-5-6-18(24(20)25-17)15-23(29)27-12-10-26(11-13-27)21-8-3-4-9-22(21)30-2/h3-9,14,28H,10-13,15-16H2,1-2H3. The number of pyridine rings is 1. The number of aromatic nitrogens is 1. The number of carbonyl (C=O) groups is 1. The quantitative estimate of drug-likeness (QED) is 0.707. The van der Waals surface area contributed by atoms with Crippen molar-refractivity contribution in [1.29, 1.82) is 0 Å². The van der Waals surface area contributed by atoms with Gasteiger partial charge in [-0.25, -0.2) is 0 Å². The number of para-hydroxylation sites is 3. The third-order valence-corrected chi connectivity index (χ3v) is 5.71. The second-order valence-electron chi connectivity index (χ2n) is 7.61. The molecule has 1 fully saturated rings. The minimum absolute atomic E-state index is 0.0395. The Balaban J connectivity index is 1.48. The zero-order valence-corrected chi connectivity index (χ0v) is 17.5. The first-order valence-corrected chi connectivity index (χ1v) is 10.3. The largest absolute Gasteiger partial charge is 0.495 e. The van der Waals surface area contributed by atoms with Gasteiger partial charge in [-0.2, -0.15) is 0 Å². The van der Waals surface area contributed by atoms with Crippen molar-refractivity contribution in [3.8, 4) is 5.75 Å². The Kier molecular flexibility index (Phi) is 5.86. The number of rotatable bonds is 5. The maximum atomic E-state index is 13.0. The van der Waals surface area contributed by atoms with Crippen molar-refractivity contribution < 1.29 is 14.6 Å². The van der Waals surface area contributed by atoms with Crippen LogP contribution in [0.5, 0.6) is 5.75 Å². The zero-order valence-electron chi connectivity index (χ0n) is 17.5. The topological polar surface area (TPSA) is 65.9 Å². The van der Waals surface area contributed by atoms with Crippen LogP contribution in [-0.2, 0) is 17.8 Å². The molecule has 2 aromatic carbocycles. The highest BCUT2D eigenvalue weighted by Gasteiger charge is 2.23. The van der Waals surface area contributed by atoms with Crippen molar-refractivity contribution in [2.75, 3.05) is 38.2 Å². The first-order chi connectivity index (χ1) is 14.6. The van der Waals surface area contributed by atoms with E-state index in [9.17, 15) is 9.90 Å². The molecular weight excluding hydrogens is 378 g/mol. The van der Waals surface area contributed by atoms with Crippen LogP contribution in [0.3, 0.4) is 0 Å². The Morgan fingerprint density at radius 1 is 1.07 bits per heavy atom. The van der Waals surface area contributed by atoms with Crippen LogP contribution in [0.1, 0.15) is 16.8 Å². The summed E-state index contributed by atoms with van der Waals surface area (Å²) >= 11 is 0. The van der Waals surface area contributed by atoms with Gasteiger partial charge in [-0.1, -0.05) is 30.3 Å². The normalized spacial score (nSPS) is 14.2. The van der Waals surface area contributed by atoms with E-state index in [1.165, 1.54) is 0 Å². The van der Waals surface area contributed by atoms with Crippen LogP contribution >= 0.6 is 0 Å². The molecule has 0 spiro atoms. The lowest BCUT2D eigenvalue weighted by atomic mass is 10.0. The van der Waals surface area contributed by atoms with Crippen LogP contribution in [0.25, 0.3) is 10.9 Å². The lowest BCUT2D eigenvalue weighted by molar-refractivity contribution is -0.130. The van der Waals surface area contributed by atoms with E-state index in [1.807, 2.05) is 54.3 Å². The number of benzene rings is 2. The summed E-state index contributed by atoms with van der Waals surface area (Å²) in [5.41, 5.74) is 4.47. The molecule has 0 unspecified atom stereocenters. The molecule has 0 atom stereocenters. The van der Waals surface area contributed by atoms with Crippen LogP contribution < -0.4 is 9.64 Å². The van der Waals surface area contributed by atoms with E-state index in [0.717, 1.165) is 52.3 Å². The molecular formula is C24H27N3O3. The van der Waals surface area contributed by atoms with Gasteiger partial charge in [-0.3, -0.25) is 9.78 Å². The monoisotopic (exact) mass is 405 g/mol. The number of aliphatic hydroxyl groups is 1. The van der Waals surface area contributed by atoms with Crippen LogP contribution in [0, 0.1) is 6.92 Å². The van der Waals surface area contributed by atoms with Crippen molar-refractivity contribution in [2.24, 2.45) is 0 Å². The highest BCUT2D eigenvalue weighted by atomic mass is 16.5. The molecule has 30 heavy (non-hydrogen) atoms. The number of methoxy groups -OCH3 is 1. The third-order valence-electron chi connectivity index (χ3n) is 5.71. The van der Waals surface area contributed by atoms with Gasteiger partial charge in [0, 0.05) is 37.3 Å². The van der Waals surface area contributed by atoms with Crippen molar-refractivity contribution in [2.45, 2.75) is 20.0 Å². The average Bonchev–Trinajstić information content (AvgIpc) is 2.79. The molecule has 6 nitrogen and oxygen atoms in total. The first-order valence-electron chi connectivity index (χ1n) is 10.3. The van der Waals surface area contributed by atoms with E-state index >= 15 is 0 Å². The summed E-state index contributed by atoms with van der Waals surface area (Å²) in [4.78, 5) is 21.9. The van der Waals surface area contributed by atoms with Gasteiger partial charge < -0.3 is 19.6 Å². The number of aryl methyl sites for hydroxylation is 1. The number of anilines is 1. The van der Waals surface area contributed by atoms with E-state index in [2.05, 4.69) is 16.0 Å². The van der Waals surface area contributed by atoms with Crippen LogP contribution in [0.15, 0.2) is 48.5 Å². The lowest BCUT2D eigenvalue weighted by Gasteiger charge is -2.36. The van der Waals surface area contributed by atoms with Crippen molar-refractivity contribution in [3.63, 3.8) is 0 Å². The summed E-state index contributed by atoms with van der Waals surface area (Å²) in [7, 11) is 1.68. The highest BCUT2D eigenvalue weighted by molar-refractivity contribution is 5.89. The number of fused-ring (bicyclic) bond motifs is 1. The molecule has 156 valence electrons. The Hall–Kier alpha value is -3.12. The fraction of sp³-hybridized carbons (Fsp3) is 0.333. The van der Waals surface area contributed by atoms with Crippen LogP contribution in [0.2, 0.25) is 0 Å². The molecule has 3 aromatic rings. The Morgan fingerprint density at radius 2 is 1.83 bits per heavy atom. The van der Waals surface area contributed by atoms with E-state index in [1.54, 1.807) is 7.11 Å². The van der Waals surface area contributed by atoms with Crippen LogP contribution in [-0.4, -0.2) is 54.2 Å². The minimum Gasteiger partial charge on any atom is -0.495 e. The highest BCUT2D eigenvalue weighted by Crippen LogP contribution is 2.28. The number of hydrogen-bond acceptors (Lipinski definition) is 5. The molecule has 2 heterocycles. The Morgan fingerprint density at radius 3 is 2.57 bits per heavy atom.